The fourth-order valence-electron chi connectivity index (χ4n) is 3.76. The lowest BCUT2D eigenvalue weighted by Crippen LogP contribution is -2.07. The molecule has 142 valence electrons. The third kappa shape index (κ3) is 4.01. The highest BCUT2D eigenvalue weighted by Gasteiger charge is 2.11. The number of nitrogens with zero attached hydrogens (tertiary/aromatic N) is 2. The quantitative estimate of drug-likeness (QED) is 0.370. The molecule has 4 rings (SSSR count). The standard InChI is InChI=1S/C26H28N2/c1-3-20(2)23-16-13-22(14-17-23)19-28-25-12-8-7-11-24(25)27-26(28)18-15-21-9-5-4-6-10-21/h4-14,16-17,20H,3,15,18-19H2,1-2H3. The van der Waals surface area contributed by atoms with Crippen molar-refractivity contribution < 1.29 is 0 Å². The average molecular weight is 369 g/mol. The van der Waals surface area contributed by atoms with Crippen LogP contribution in [-0.4, -0.2) is 9.55 Å². The molecular weight excluding hydrogens is 340 g/mol. The third-order valence-electron chi connectivity index (χ3n) is 5.72. The van der Waals surface area contributed by atoms with Gasteiger partial charge in [-0.1, -0.05) is 80.6 Å². The molecule has 0 radical (unpaired) electrons. The predicted octanol–water partition coefficient (Wildman–Crippen LogP) is 6.38. The lowest BCUT2D eigenvalue weighted by molar-refractivity contribution is 0.722. The highest BCUT2D eigenvalue weighted by molar-refractivity contribution is 5.76. The van der Waals surface area contributed by atoms with Gasteiger partial charge < -0.3 is 4.57 Å². The number of hydrogen-bond acceptors (Lipinski definition) is 1. The number of hydrogen-bond donors (Lipinski definition) is 0. The lowest BCUT2D eigenvalue weighted by Gasteiger charge is -2.12. The molecule has 0 aliphatic rings. The molecule has 0 amide bonds. The SMILES string of the molecule is CCC(C)c1ccc(Cn2c(CCc3ccccc3)nc3ccccc32)cc1. The van der Waals surface area contributed by atoms with Gasteiger partial charge in [0.25, 0.3) is 0 Å². The second kappa shape index (κ2) is 8.43. The molecule has 4 aromatic rings. The van der Waals surface area contributed by atoms with Gasteiger partial charge in [-0.15, -0.1) is 0 Å². The predicted molar refractivity (Wildman–Crippen MR) is 118 cm³/mol. The van der Waals surface area contributed by atoms with Crippen molar-refractivity contribution in [1.82, 2.24) is 9.55 Å². The molecule has 0 fully saturated rings. The number of para-hydroxylation sites is 2. The number of rotatable bonds is 7. The summed E-state index contributed by atoms with van der Waals surface area (Å²) in [5.41, 5.74) is 6.42. The molecule has 2 heteroatoms. The van der Waals surface area contributed by atoms with E-state index in [-0.39, 0.29) is 0 Å². The summed E-state index contributed by atoms with van der Waals surface area (Å²) in [6.45, 7) is 5.40. The molecule has 0 aliphatic heterocycles. The van der Waals surface area contributed by atoms with Crippen LogP contribution in [0.2, 0.25) is 0 Å². The van der Waals surface area contributed by atoms with Crippen molar-refractivity contribution in [3.63, 3.8) is 0 Å². The first-order chi connectivity index (χ1) is 13.7. The minimum absolute atomic E-state index is 0.615. The molecule has 0 aliphatic carbocycles. The summed E-state index contributed by atoms with van der Waals surface area (Å²) in [7, 11) is 0. The van der Waals surface area contributed by atoms with Crippen molar-refractivity contribution in [3.05, 3.63) is 101 Å². The third-order valence-corrected chi connectivity index (χ3v) is 5.72. The summed E-state index contributed by atoms with van der Waals surface area (Å²) < 4.78 is 2.39. The van der Waals surface area contributed by atoms with Gasteiger partial charge in [-0.3, -0.25) is 0 Å². The molecule has 0 spiro atoms. The van der Waals surface area contributed by atoms with E-state index in [2.05, 4.69) is 97.3 Å². The smallest absolute Gasteiger partial charge is 0.110 e. The van der Waals surface area contributed by atoms with Crippen LogP contribution in [0.1, 0.15) is 48.7 Å². The van der Waals surface area contributed by atoms with Gasteiger partial charge in [0.2, 0.25) is 0 Å². The van der Waals surface area contributed by atoms with Crippen molar-refractivity contribution in [2.24, 2.45) is 0 Å². The van der Waals surface area contributed by atoms with Crippen LogP contribution >= 0.6 is 0 Å². The van der Waals surface area contributed by atoms with Crippen LogP contribution in [0.5, 0.6) is 0 Å². The zero-order chi connectivity index (χ0) is 19.3. The van der Waals surface area contributed by atoms with Gasteiger partial charge in [0, 0.05) is 13.0 Å². The Kier molecular flexibility index (Phi) is 5.57. The van der Waals surface area contributed by atoms with Crippen LogP contribution < -0.4 is 0 Å². The van der Waals surface area contributed by atoms with Crippen LogP contribution in [0.4, 0.5) is 0 Å². The van der Waals surface area contributed by atoms with Crippen molar-refractivity contribution in [3.8, 4) is 0 Å². The van der Waals surface area contributed by atoms with Crippen LogP contribution in [0, 0.1) is 0 Å². The topological polar surface area (TPSA) is 17.8 Å². The Labute approximate surface area is 167 Å². The Morgan fingerprint density at radius 2 is 1.50 bits per heavy atom. The van der Waals surface area contributed by atoms with Gasteiger partial charge in [-0.2, -0.15) is 0 Å². The molecule has 3 aromatic carbocycles. The van der Waals surface area contributed by atoms with Gasteiger partial charge in [0.15, 0.2) is 0 Å². The maximum atomic E-state index is 4.95. The molecule has 28 heavy (non-hydrogen) atoms. The fourth-order valence-corrected chi connectivity index (χ4v) is 3.76. The van der Waals surface area contributed by atoms with Crippen molar-refractivity contribution >= 4 is 11.0 Å². The molecule has 1 heterocycles. The second-order valence-corrected chi connectivity index (χ2v) is 7.64. The minimum atomic E-state index is 0.615. The monoisotopic (exact) mass is 368 g/mol. The minimum Gasteiger partial charge on any atom is -0.323 e. The molecule has 0 saturated carbocycles. The Morgan fingerprint density at radius 1 is 0.786 bits per heavy atom. The Balaban J connectivity index is 1.61. The highest BCUT2D eigenvalue weighted by atomic mass is 15.1. The number of benzene rings is 3. The van der Waals surface area contributed by atoms with E-state index < -0.39 is 0 Å². The van der Waals surface area contributed by atoms with E-state index in [9.17, 15) is 0 Å². The van der Waals surface area contributed by atoms with Crippen molar-refractivity contribution in [2.75, 3.05) is 0 Å². The van der Waals surface area contributed by atoms with Crippen LogP contribution in [0.25, 0.3) is 11.0 Å². The summed E-state index contributed by atoms with van der Waals surface area (Å²) in [6.07, 6.45) is 3.13. The number of fused-ring (bicyclic) bond motifs is 1. The average Bonchev–Trinajstić information content (AvgIpc) is 3.10. The van der Waals surface area contributed by atoms with Crippen LogP contribution in [-0.2, 0) is 19.4 Å². The summed E-state index contributed by atoms with van der Waals surface area (Å²) in [5.74, 6) is 1.78. The van der Waals surface area contributed by atoms with E-state index in [1.54, 1.807) is 0 Å². The fraction of sp³-hybridized carbons (Fsp3) is 0.269. The molecule has 1 atom stereocenters. The largest absolute Gasteiger partial charge is 0.323 e. The van der Waals surface area contributed by atoms with Gasteiger partial charge in [-0.05, 0) is 47.6 Å². The van der Waals surface area contributed by atoms with Gasteiger partial charge >= 0.3 is 0 Å². The molecule has 0 N–H and O–H groups in total. The second-order valence-electron chi connectivity index (χ2n) is 7.64. The molecule has 0 saturated heterocycles. The first-order valence-electron chi connectivity index (χ1n) is 10.3. The molecule has 1 unspecified atom stereocenters. The van der Waals surface area contributed by atoms with Crippen molar-refractivity contribution in [1.29, 1.82) is 0 Å². The molecule has 0 bridgehead atoms. The van der Waals surface area contributed by atoms with E-state index in [1.807, 2.05) is 0 Å². The number of imidazole rings is 1. The maximum Gasteiger partial charge on any atom is 0.110 e. The first-order valence-corrected chi connectivity index (χ1v) is 10.3. The van der Waals surface area contributed by atoms with Crippen molar-refractivity contribution in [2.45, 2.75) is 45.6 Å². The van der Waals surface area contributed by atoms with E-state index in [0.29, 0.717) is 5.92 Å². The maximum absolute atomic E-state index is 4.95. The lowest BCUT2D eigenvalue weighted by atomic mass is 9.97. The zero-order valence-electron chi connectivity index (χ0n) is 16.8. The first kappa shape index (κ1) is 18.5. The van der Waals surface area contributed by atoms with E-state index in [4.69, 9.17) is 4.98 Å². The normalized spacial score (nSPS) is 12.4. The number of aryl methyl sites for hydroxylation is 2. The van der Waals surface area contributed by atoms with Gasteiger partial charge in [0.1, 0.15) is 5.82 Å². The van der Waals surface area contributed by atoms with E-state index in [1.165, 1.54) is 28.6 Å². The summed E-state index contributed by atoms with van der Waals surface area (Å²) in [5, 5.41) is 0. The molecule has 2 nitrogen and oxygen atoms in total. The Hall–Kier alpha value is -2.87. The molecular formula is C26H28N2. The highest BCUT2D eigenvalue weighted by Crippen LogP contribution is 2.22. The van der Waals surface area contributed by atoms with E-state index >= 15 is 0 Å². The summed E-state index contributed by atoms with van der Waals surface area (Å²) >= 11 is 0. The summed E-state index contributed by atoms with van der Waals surface area (Å²) in [6, 6.07) is 28.3. The van der Waals surface area contributed by atoms with Gasteiger partial charge in [0.05, 0.1) is 11.0 Å². The molecule has 1 aromatic heterocycles. The zero-order valence-corrected chi connectivity index (χ0v) is 16.8. The number of aromatic nitrogens is 2. The van der Waals surface area contributed by atoms with E-state index in [0.717, 1.165) is 30.7 Å². The Morgan fingerprint density at radius 3 is 2.25 bits per heavy atom. The van der Waals surface area contributed by atoms with Crippen LogP contribution in [0.3, 0.4) is 0 Å². The van der Waals surface area contributed by atoms with Gasteiger partial charge in [-0.25, -0.2) is 4.98 Å². The Bertz CT molecular complexity index is 1030. The van der Waals surface area contributed by atoms with Crippen LogP contribution in [0.15, 0.2) is 78.9 Å². The summed E-state index contributed by atoms with van der Waals surface area (Å²) in [4.78, 5) is 4.95.